The third kappa shape index (κ3) is 3.72. The molecule has 0 aromatic carbocycles. The van der Waals surface area contributed by atoms with Crippen LogP contribution in [-0.4, -0.2) is 30.2 Å². The van der Waals surface area contributed by atoms with E-state index in [1.807, 2.05) is 13.8 Å². The van der Waals surface area contributed by atoms with Crippen LogP contribution in [0.15, 0.2) is 9.52 Å². The first-order valence-electron chi connectivity index (χ1n) is 7.08. The van der Waals surface area contributed by atoms with Crippen molar-refractivity contribution in [2.75, 3.05) is 13.1 Å². The highest BCUT2D eigenvalue weighted by molar-refractivity contribution is 5.80. The van der Waals surface area contributed by atoms with Gasteiger partial charge in [-0.05, 0) is 39.5 Å². The van der Waals surface area contributed by atoms with Crippen molar-refractivity contribution in [3.05, 3.63) is 17.0 Å². The van der Waals surface area contributed by atoms with Gasteiger partial charge in [-0.2, -0.15) is 0 Å². The molecule has 2 rings (SSSR count). The van der Waals surface area contributed by atoms with E-state index < -0.39 is 0 Å². The fourth-order valence-corrected chi connectivity index (χ4v) is 2.16. The van der Waals surface area contributed by atoms with Crippen LogP contribution >= 0.6 is 0 Å². The standard InChI is InChI=1S/C14H24N4O/c1-5-15-14(17-13-8-9(13)2)16-7-6-12-10(3)18-19-11(12)4/h9,13H,5-8H2,1-4H3,(H2,15,16,17). The molecule has 0 radical (unpaired) electrons. The summed E-state index contributed by atoms with van der Waals surface area (Å²) in [7, 11) is 0. The second-order valence-corrected chi connectivity index (χ2v) is 5.28. The molecule has 19 heavy (non-hydrogen) atoms. The molecule has 1 saturated carbocycles. The molecule has 1 aromatic rings. The maximum Gasteiger partial charge on any atom is 0.191 e. The Kier molecular flexibility index (Phi) is 4.45. The first-order valence-corrected chi connectivity index (χ1v) is 7.08. The van der Waals surface area contributed by atoms with Crippen LogP contribution in [-0.2, 0) is 6.42 Å². The Hall–Kier alpha value is -1.52. The van der Waals surface area contributed by atoms with E-state index in [1.165, 1.54) is 12.0 Å². The quantitative estimate of drug-likeness (QED) is 0.629. The van der Waals surface area contributed by atoms with E-state index in [2.05, 4.69) is 34.6 Å². The lowest BCUT2D eigenvalue weighted by atomic mass is 10.1. The maximum absolute atomic E-state index is 5.16. The van der Waals surface area contributed by atoms with Crippen molar-refractivity contribution >= 4 is 5.96 Å². The van der Waals surface area contributed by atoms with Gasteiger partial charge in [0.1, 0.15) is 5.76 Å². The molecular weight excluding hydrogens is 240 g/mol. The number of hydrogen-bond acceptors (Lipinski definition) is 3. The van der Waals surface area contributed by atoms with Crippen molar-refractivity contribution in [2.24, 2.45) is 10.9 Å². The third-order valence-corrected chi connectivity index (χ3v) is 3.59. The molecule has 1 aliphatic rings. The zero-order chi connectivity index (χ0) is 13.8. The monoisotopic (exact) mass is 264 g/mol. The SMILES string of the molecule is CCNC(=NCCc1c(C)noc1C)NC1CC1C. The largest absolute Gasteiger partial charge is 0.361 e. The number of nitrogens with one attached hydrogen (secondary N) is 2. The van der Waals surface area contributed by atoms with Gasteiger partial charge in [0.2, 0.25) is 0 Å². The molecule has 2 atom stereocenters. The van der Waals surface area contributed by atoms with Crippen LogP contribution in [0.3, 0.4) is 0 Å². The average molecular weight is 264 g/mol. The van der Waals surface area contributed by atoms with Crippen molar-refractivity contribution in [1.29, 1.82) is 0 Å². The highest BCUT2D eigenvalue weighted by Gasteiger charge is 2.33. The van der Waals surface area contributed by atoms with Gasteiger partial charge >= 0.3 is 0 Å². The van der Waals surface area contributed by atoms with Gasteiger partial charge in [-0.1, -0.05) is 12.1 Å². The highest BCUT2D eigenvalue weighted by Crippen LogP contribution is 2.28. The number of hydrogen-bond donors (Lipinski definition) is 2. The van der Waals surface area contributed by atoms with Crippen molar-refractivity contribution in [3.8, 4) is 0 Å². The molecule has 106 valence electrons. The van der Waals surface area contributed by atoms with Gasteiger partial charge in [0, 0.05) is 24.7 Å². The van der Waals surface area contributed by atoms with Crippen LogP contribution in [0, 0.1) is 19.8 Å². The summed E-state index contributed by atoms with van der Waals surface area (Å²) in [6.45, 7) is 9.91. The zero-order valence-corrected chi connectivity index (χ0v) is 12.3. The molecule has 1 aromatic heterocycles. The lowest BCUT2D eigenvalue weighted by Crippen LogP contribution is -2.39. The van der Waals surface area contributed by atoms with Crippen molar-refractivity contribution in [2.45, 2.75) is 46.6 Å². The third-order valence-electron chi connectivity index (χ3n) is 3.59. The molecule has 0 amide bonds. The van der Waals surface area contributed by atoms with Gasteiger partial charge < -0.3 is 15.2 Å². The first kappa shape index (κ1) is 13.9. The molecule has 0 saturated heterocycles. The smallest absolute Gasteiger partial charge is 0.191 e. The summed E-state index contributed by atoms with van der Waals surface area (Å²) < 4.78 is 5.16. The minimum absolute atomic E-state index is 0.594. The lowest BCUT2D eigenvalue weighted by molar-refractivity contribution is 0.392. The van der Waals surface area contributed by atoms with Gasteiger partial charge in [-0.3, -0.25) is 4.99 Å². The molecule has 1 heterocycles. The lowest BCUT2D eigenvalue weighted by Gasteiger charge is -2.10. The normalized spacial score (nSPS) is 22.4. The fourth-order valence-electron chi connectivity index (χ4n) is 2.16. The van der Waals surface area contributed by atoms with E-state index in [1.54, 1.807) is 0 Å². The summed E-state index contributed by atoms with van der Waals surface area (Å²) in [4.78, 5) is 4.61. The van der Waals surface area contributed by atoms with Crippen molar-refractivity contribution in [3.63, 3.8) is 0 Å². The van der Waals surface area contributed by atoms with Gasteiger partial charge in [-0.25, -0.2) is 0 Å². The van der Waals surface area contributed by atoms with Crippen LogP contribution < -0.4 is 10.6 Å². The number of aliphatic imine (C=N–C) groups is 1. The van der Waals surface area contributed by atoms with E-state index in [0.717, 1.165) is 42.8 Å². The van der Waals surface area contributed by atoms with Crippen molar-refractivity contribution in [1.82, 2.24) is 15.8 Å². The Morgan fingerprint density at radius 1 is 1.47 bits per heavy atom. The van der Waals surface area contributed by atoms with Gasteiger partial charge in [0.05, 0.1) is 5.69 Å². The van der Waals surface area contributed by atoms with Crippen LogP contribution in [0.25, 0.3) is 0 Å². The summed E-state index contributed by atoms with van der Waals surface area (Å²) in [5, 5.41) is 10.7. The van der Waals surface area contributed by atoms with Gasteiger partial charge in [0.15, 0.2) is 5.96 Å². The molecule has 2 unspecified atom stereocenters. The topological polar surface area (TPSA) is 62.5 Å². The maximum atomic E-state index is 5.16. The molecule has 5 heteroatoms. The van der Waals surface area contributed by atoms with Crippen LogP contribution in [0.1, 0.15) is 37.3 Å². The summed E-state index contributed by atoms with van der Waals surface area (Å²) in [5.41, 5.74) is 2.15. The molecule has 0 spiro atoms. The number of aromatic nitrogens is 1. The summed E-state index contributed by atoms with van der Waals surface area (Å²) >= 11 is 0. The Balaban J connectivity index is 1.87. The molecule has 2 N–H and O–H groups in total. The predicted octanol–water partition coefficient (Wildman–Crippen LogP) is 1.80. The van der Waals surface area contributed by atoms with E-state index in [4.69, 9.17) is 4.52 Å². The summed E-state index contributed by atoms with van der Waals surface area (Å²) in [6, 6.07) is 0.594. The van der Waals surface area contributed by atoms with Crippen LogP contribution in [0.4, 0.5) is 0 Å². The second kappa shape index (κ2) is 6.08. The molecule has 0 aliphatic heterocycles. The Morgan fingerprint density at radius 3 is 2.74 bits per heavy atom. The van der Waals surface area contributed by atoms with Crippen LogP contribution in [0.5, 0.6) is 0 Å². The van der Waals surface area contributed by atoms with E-state index in [-0.39, 0.29) is 0 Å². The molecule has 1 fully saturated rings. The number of aryl methyl sites for hydroxylation is 2. The van der Waals surface area contributed by atoms with Crippen LogP contribution in [0.2, 0.25) is 0 Å². The Morgan fingerprint density at radius 2 is 2.21 bits per heavy atom. The minimum atomic E-state index is 0.594. The first-order chi connectivity index (χ1) is 9.11. The molecule has 5 nitrogen and oxygen atoms in total. The van der Waals surface area contributed by atoms with E-state index >= 15 is 0 Å². The zero-order valence-electron chi connectivity index (χ0n) is 12.3. The number of rotatable bonds is 5. The second-order valence-electron chi connectivity index (χ2n) is 5.28. The average Bonchev–Trinajstić information content (AvgIpc) is 2.97. The summed E-state index contributed by atoms with van der Waals surface area (Å²) in [6.07, 6.45) is 2.12. The van der Waals surface area contributed by atoms with E-state index in [9.17, 15) is 0 Å². The van der Waals surface area contributed by atoms with Crippen molar-refractivity contribution < 1.29 is 4.52 Å². The number of nitrogens with zero attached hydrogens (tertiary/aromatic N) is 2. The fraction of sp³-hybridized carbons (Fsp3) is 0.714. The highest BCUT2D eigenvalue weighted by atomic mass is 16.5. The van der Waals surface area contributed by atoms with E-state index in [0.29, 0.717) is 6.04 Å². The Bertz CT molecular complexity index is 433. The number of guanidine groups is 1. The Labute approximate surface area is 114 Å². The minimum Gasteiger partial charge on any atom is -0.361 e. The molecular formula is C14H24N4O. The molecule has 1 aliphatic carbocycles. The van der Waals surface area contributed by atoms with Gasteiger partial charge in [-0.15, -0.1) is 0 Å². The predicted molar refractivity (Wildman–Crippen MR) is 76.4 cm³/mol. The summed E-state index contributed by atoms with van der Waals surface area (Å²) in [5.74, 6) is 2.59. The van der Waals surface area contributed by atoms with Gasteiger partial charge in [0.25, 0.3) is 0 Å². The molecule has 0 bridgehead atoms.